The van der Waals surface area contributed by atoms with Gasteiger partial charge in [0.1, 0.15) is 11.3 Å². The topological polar surface area (TPSA) is 130 Å². The summed E-state index contributed by atoms with van der Waals surface area (Å²) in [5.74, 6) is 0.0499. The van der Waals surface area contributed by atoms with Crippen molar-refractivity contribution in [2.45, 2.75) is 6.92 Å². The Morgan fingerprint density at radius 3 is 2.69 bits per heavy atom. The van der Waals surface area contributed by atoms with Crippen molar-refractivity contribution < 1.29 is 4.79 Å². The highest BCUT2D eigenvalue weighted by atomic mass is 35.5. The Morgan fingerprint density at radius 2 is 2.07 bits per heavy atom. The van der Waals surface area contributed by atoms with E-state index in [4.69, 9.17) is 33.5 Å². The summed E-state index contributed by atoms with van der Waals surface area (Å²) < 4.78 is 0. The van der Waals surface area contributed by atoms with Gasteiger partial charge >= 0.3 is 0 Å². The molecule has 2 heterocycles. The molecule has 0 saturated carbocycles. The van der Waals surface area contributed by atoms with Crippen LogP contribution in [-0.4, -0.2) is 28.4 Å². The molecule has 0 saturated heterocycles. The number of hydrogen-bond donors (Lipinski definition) is 2. The lowest BCUT2D eigenvalue weighted by atomic mass is 10.1. The van der Waals surface area contributed by atoms with Crippen molar-refractivity contribution in [1.82, 2.24) is 9.97 Å². The Balaban J connectivity index is 2.29. The molecule has 0 spiro atoms. The third-order valence-corrected chi connectivity index (χ3v) is 5.39. The van der Waals surface area contributed by atoms with Gasteiger partial charge in [-0.3, -0.25) is 9.78 Å². The molecule has 0 amide bonds. The van der Waals surface area contributed by atoms with Crippen LogP contribution in [0.4, 0.5) is 0 Å². The minimum atomic E-state index is 0.0499. The second-order valence-corrected chi connectivity index (χ2v) is 7.36. The number of aldehydes is 1. The molecule has 7 nitrogen and oxygen atoms in total. The van der Waals surface area contributed by atoms with Crippen LogP contribution in [0, 0.1) is 0 Å². The van der Waals surface area contributed by atoms with E-state index in [1.54, 1.807) is 37.4 Å². The number of carbonyl (C=O) groups excluding carboxylic acids is 1. The minimum Gasteiger partial charge on any atom is -0.472 e. The molecule has 0 aliphatic carbocycles. The first-order valence-corrected chi connectivity index (χ1v) is 9.59. The maximum atomic E-state index is 11.2. The van der Waals surface area contributed by atoms with E-state index in [1.807, 2.05) is 12.1 Å². The van der Waals surface area contributed by atoms with Crippen LogP contribution < -0.4 is 11.5 Å². The molecule has 3 rings (SSSR count). The van der Waals surface area contributed by atoms with E-state index in [1.165, 1.54) is 11.3 Å². The van der Waals surface area contributed by atoms with Crippen LogP contribution in [0.2, 0.25) is 5.02 Å². The fraction of sp³-hybridized carbons (Fsp3) is 0.0500. The van der Waals surface area contributed by atoms with Gasteiger partial charge in [0.15, 0.2) is 0 Å². The van der Waals surface area contributed by atoms with Crippen molar-refractivity contribution in [2.24, 2.45) is 16.5 Å². The number of nitrogens with zero attached hydrogens (tertiary/aromatic N) is 4. The molecule has 0 radical (unpaired) electrons. The van der Waals surface area contributed by atoms with E-state index in [0.717, 1.165) is 6.29 Å². The summed E-state index contributed by atoms with van der Waals surface area (Å²) in [4.78, 5) is 24.5. The lowest BCUT2D eigenvalue weighted by Gasteiger charge is -2.07. The zero-order chi connectivity index (χ0) is 21.0. The first-order valence-electron chi connectivity index (χ1n) is 8.39. The van der Waals surface area contributed by atoms with Gasteiger partial charge in [0.2, 0.25) is 0 Å². The van der Waals surface area contributed by atoms with Gasteiger partial charge in [0.25, 0.3) is 0 Å². The van der Waals surface area contributed by atoms with Gasteiger partial charge in [-0.2, -0.15) is 0 Å². The summed E-state index contributed by atoms with van der Waals surface area (Å²) in [5, 5.41) is 10.0. The highest BCUT2D eigenvalue weighted by Crippen LogP contribution is 2.37. The number of aromatic nitrogens is 2. The van der Waals surface area contributed by atoms with Crippen LogP contribution in [0.15, 0.2) is 53.3 Å². The van der Waals surface area contributed by atoms with Gasteiger partial charge in [-0.15, -0.1) is 17.7 Å². The Hall–Kier alpha value is -3.36. The van der Waals surface area contributed by atoms with Crippen LogP contribution in [0.1, 0.15) is 32.9 Å². The fourth-order valence-corrected chi connectivity index (χ4v) is 4.01. The van der Waals surface area contributed by atoms with E-state index >= 15 is 0 Å². The number of amidine groups is 1. The smallest absolute Gasteiger partial charge is 0.150 e. The van der Waals surface area contributed by atoms with Crippen molar-refractivity contribution in [1.29, 1.82) is 0 Å². The summed E-state index contributed by atoms with van der Waals surface area (Å²) in [6.45, 7) is 1.75. The molecular weight excluding hydrogens is 408 g/mol. The summed E-state index contributed by atoms with van der Waals surface area (Å²) in [7, 11) is 0. The highest BCUT2D eigenvalue weighted by Gasteiger charge is 2.21. The molecule has 146 valence electrons. The van der Waals surface area contributed by atoms with Gasteiger partial charge in [-0.25, -0.2) is 4.98 Å². The Labute approximate surface area is 176 Å². The molecule has 9 heteroatoms. The highest BCUT2D eigenvalue weighted by molar-refractivity contribution is 7.15. The van der Waals surface area contributed by atoms with E-state index in [0.29, 0.717) is 55.0 Å². The number of halogens is 1. The third kappa shape index (κ3) is 4.23. The fourth-order valence-electron chi connectivity index (χ4n) is 2.69. The van der Waals surface area contributed by atoms with Crippen molar-refractivity contribution in [2.75, 3.05) is 0 Å². The molecule has 2 aromatic heterocycles. The maximum Gasteiger partial charge on any atom is 0.150 e. The Bertz CT molecular complexity index is 1130. The van der Waals surface area contributed by atoms with Gasteiger partial charge in [-0.05, 0) is 31.2 Å². The lowest BCUT2D eigenvalue weighted by Crippen LogP contribution is -2.12. The van der Waals surface area contributed by atoms with Crippen molar-refractivity contribution in [3.63, 3.8) is 0 Å². The Morgan fingerprint density at radius 1 is 1.28 bits per heavy atom. The molecule has 4 N–H and O–H groups in total. The first-order chi connectivity index (χ1) is 14.0. The average molecular weight is 424 g/mol. The van der Waals surface area contributed by atoms with Gasteiger partial charge in [0.05, 0.1) is 26.9 Å². The molecule has 0 atom stereocenters. The number of benzene rings is 1. The number of pyridine rings is 1. The van der Waals surface area contributed by atoms with Crippen LogP contribution in [0.5, 0.6) is 0 Å². The van der Waals surface area contributed by atoms with Crippen LogP contribution in [0.25, 0.3) is 22.2 Å². The number of carbonyl (C=O) groups is 1. The largest absolute Gasteiger partial charge is 0.472 e. The number of rotatable bonds is 6. The molecule has 29 heavy (non-hydrogen) atoms. The van der Waals surface area contributed by atoms with Crippen LogP contribution in [0.3, 0.4) is 0 Å². The average Bonchev–Trinajstić information content (AvgIpc) is 3.14. The van der Waals surface area contributed by atoms with E-state index in [2.05, 4.69) is 9.98 Å². The summed E-state index contributed by atoms with van der Waals surface area (Å²) in [5.41, 5.74) is 15.4. The van der Waals surface area contributed by atoms with Crippen molar-refractivity contribution >= 4 is 47.0 Å². The van der Waals surface area contributed by atoms with Crippen LogP contribution >= 0.6 is 22.9 Å². The van der Waals surface area contributed by atoms with Gasteiger partial charge < -0.3 is 21.9 Å². The van der Waals surface area contributed by atoms with E-state index in [9.17, 15) is 4.79 Å². The van der Waals surface area contributed by atoms with Gasteiger partial charge in [0, 0.05) is 28.9 Å². The summed E-state index contributed by atoms with van der Waals surface area (Å²) >= 11 is 7.60. The number of hydrogen-bond acceptors (Lipinski definition) is 5. The number of nitrogens with two attached hydrogens (primary N) is 2. The predicted molar refractivity (Wildman–Crippen MR) is 118 cm³/mol. The third-order valence-electron chi connectivity index (χ3n) is 3.97. The second-order valence-electron chi connectivity index (χ2n) is 5.96. The number of allylic oxidation sites excluding steroid dienone is 1. The molecular formula is C20H16ClN6OS-. The minimum absolute atomic E-state index is 0.0499. The molecule has 1 aromatic carbocycles. The van der Waals surface area contributed by atoms with E-state index < -0.39 is 0 Å². The molecule has 0 unspecified atom stereocenters. The molecule has 0 aliphatic heterocycles. The number of thiazole rings is 1. The normalized spacial score (nSPS) is 12.4. The standard InChI is InChI=1S/C20H16ClN6OS/c1-11(23)16(15-4-2-3-7-25-15)20-27-17(18(29-20)19(24)26-10-22)13-8-12(9-28)5-6-14(13)21/h2-10H,1H3,(H4-,22,23,24,25,26,27)/q-1. The molecule has 3 aromatic rings. The molecule has 0 bridgehead atoms. The zero-order valence-electron chi connectivity index (χ0n) is 15.3. The second kappa shape index (κ2) is 8.76. The quantitative estimate of drug-likeness (QED) is 0.354. The number of aliphatic imine (C=N–C) groups is 1. The van der Waals surface area contributed by atoms with Crippen molar-refractivity contribution in [3.8, 4) is 11.3 Å². The van der Waals surface area contributed by atoms with Crippen molar-refractivity contribution in [3.05, 3.63) is 79.9 Å². The molecule has 0 fully saturated rings. The SMILES string of the molecule is CC(N)=C(c1ccccn1)c1nc(-c2cc(C=O)ccc2Cl)c(C(N)=NC=[N-])s1. The first kappa shape index (κ1) is 20.4. The zero-order valence-corrected chi connectivity index (χ0v) is 16.9. The Kier molecular flexibility index (Phi) is 6.16. The van der Waals surface area contributed by atoms with E-state index in [-0.39, 0.29) is 5.84 Å². The van der Waals surface area contributed by atoms with Crippen LogP contribution in [-0.2, 0) is 0 Å². The summed E-state index contributed by atoms with van der Waals surface area (Å²) in [6.07, 6.45) is 2.98. The molecule has 0 aliphatic rings. The lowest BCUT2D eigenvalue weighted by molar-refractivity contribution is 0.112. The van der Waals surface area contributed by atoms with Gasteiger partial charge in [-0.1, -0.05) is 23.7 Å². The maximum absolute atomic E-state index is 11.2. The summed E-state index contributed by atoms with van der Waals surface area (Å²) in [6, 6.07) is 10.3. The monoisotopic (exact) mass is 423 g/mol. The predicted octanol–water partition coefficient (Wildman–Crippen LogP) is 3.71.